The van der Waals surface area contributed by atoms with Crippen molar-refractivity contribution in [2.75, 3.05) is 26.2 Å². The molecule has 0 aliphatic carbocycles. The number of sulfonamides is 1. The van der Waals surface area contributed by atoms with Gasteiger partial charge in [-0.25, -0.2) is 8.42 Å². The summed E-state index contributed by atoms with van der Waals surface area (Å²) in [5.41, 5.74) is 1.31. The minimum Gasteiger partial charge on any atom is -0.336 e. The third-order valence-corrected chi connectivity index (χ3v) is 7.53. The van der Waals surface area contributed by atoms with Crippen molar-refractivity contribution in [3.05, 3.63) is 70.3 Å². The number of carbonyl (C=O) groups is 1. The predicted octanol–water partition coefficient (Wildman–Crippen LogP) is 3.69. The zero-order valence-electron chi connectivity index (χ0n) is 15.3. The van der Waals surface area contributed by atoms with Gasteiger partial charge in [0.1, 0.15) is 4.90 Å². The molecule has 0 atom stereocenters. The summed E-state index contributed by atoms with van der Waals surface area (Å²) in [5, 5.41) is 1.20. The second-order valence-electron chi connectivity index (χ2n) is 6.65. The molecule has 0 unspecified atom stereocenters. The summed E-state index contributed by atoms with van der Waals surface area (Å²) in [5.74, 6) is -0.138. The number of aromatic nitrogens is 1. The Hall–Kier alpha value is -2.19. The van der Waals surface area contributed by atoms with E-state index in [1.807, 2.05) is 12.1 Å². The molecule has 0 radical (unpaired) electrons. The SMILES string of the molecule is O=C(c1cccc2ncccc12)N1CCN(S(=O)(=O)c2cc(Cl)ccc2Cl)CC1. The number of nitrogens with zero attached hydrogens (tertiary/aromatic N) is 3. The Bertz CT molecular complexity index is 1190. The molecular weight excluding hydrogens is 433 g/mol. The third-order valence-electron chi connectivity index (χ3n) is 4.91. The van der Waals surface area contributed by atoms with Crippen molar-refractivity contribution >= 4 is 50.0 Å². The van der Waals surface area contributed by atoms with Crippen molar-refractivity contribution in [1.29, 1.82) is 0 Å². The first-order chi connectivity index (χ1) is 13.9. The highest BCUT2D eigenvalue weighted by Crippen LogP contribution is 2.28. The van der Waals surface area contributed by atoms with E-state index in [2.05, 4.69) is 4.98 Å². The summed E-state index contributed by atoms with van der Waals surface area (Å²) >= 11 is 12.0. The molecule has 2 aromatic carbocycles. The highest BCUT2D eigenvalue weighted by atomic mass is 35.5. The molecule has 1 aliphatic heterocycles. The normalized spacial score (nSPS) is 15.6. The van der Waals surface area contributed by atoms with Crippen LogP contribution >= 0.6 is 23.2 Å². The quantitative estimate of drug-likeness (QED) is 0.611. The van der Waals surface area contributed by atoms with Crippen LogP contribution in [0.4, 0.5) is 0 Å². The number of carbonyl (C=O) groups excluding carboxylic acids is 1. The van der Waals surface area contributed by atoms with Crippen LogP contribution in [0.2, 0.25) is 10.0 Å². The second kappa shape index (κ2) is 7.91. The highest BCUT2D eigenvalue weighted by molar-refractivity contribution is 7.89. The van der Waals surface area contributed by atoms with Crippen LogP contribution in [0.3, 0.4) is 0 Å². The Labute approximate surface area is 178 Å². The van der Waals surface area contributed by atoms with E-state index in [4.69, 9.17) is 23.2 Å². The maximum absolute atomic E-state index is 13.0. The van der Waals surface area contributed by atoms with Crippen LogP contribution < -0.4 is 0 Å². The van der Waals surface area contributed by atoms with Crippen LogP contribution in [0, 0.1) is 0 Å². The monoisotopic (exact) mass is 449 g/mol. The summed E-state index contributed by atoms with van der Waals surface area (Å²) in [4.78, 5) is 18.9. The van der Waals surface area contributed by atoms with E-state index >= 15 is 0 Å². The van der Waals surface area contributed by atoms with Gasteiger partial charge < -0.3 is 4.90 Å². The molecule has 1 fully saturated rings. The van der Waals surface area contributed by atoms with E-state index in [9.17, 15) is 13.2 Å². The van der Waals surface area contributed by atoms with E-state index < -0.39 is 10.0 Å². The summed E-state index contributed by atoms with van der Waals surface area (Å²) in [6, 6.07) is 13.4. The van der Waals surface area contributed by atoms with Crippen molar-refractivity contribution in [1.82, 2.24) is 14.2 Å². The van der Waals surface area contributed by atoms with Crippen molar-refractivity contribution in [3.63, 3.8) is 0 Å². The average molecular weight is 450 g/mol. The van der Waals surface area contributed by atoms with Crippen LogP contribution in [-0.2, 0) is 10.0 Å². The maximum atomic E-state index is 13.0. The van der Waals surface area contributed by atoms with Gasteiger partial charge in [-0.05, 0) is 36.4 Å². The minimum absolute atomic E-state index is 0.0217. The van der Waals surface area contributed by atoms with Gasteiger partial charge in [0, 0.05) is 48.3 Å². The Morgan fingerprint density at radius 3 is 2.48 bits per heavy atom. The van der Waals surface area contributed by atoms with Gasteiger partial charge in [0.2, 0.25) is 10.0 Å². The minimum atomic E-state index is -3.79. The molecule has 0 spiro atoms. The van der Waals surface area contributed by atoms with E-state index in [0.717, 1.165) is 10.9 Å². The van der Waals surface area contributed by atoms with Gasteiger partial charge in [-0.3, -0.25) is 9.78 Å². The summed E-state index contributed by atoms with van der Waals surface area (Å²) < 4.78 is 27.2. The number of fused-ring (bicyclic) bond motifs is 1. The first kappa shape index (κ1) is 20.1. The smallest absolute Gasteiger partial charge is 0.254 e. The zero-order valence-corrected chi connectivity index (χ0v) is 17.6. The summed E-state index contributed by atoms with van der Waals surface area (Å²) in [6.45, 7) is 0.930. The molecule has 1 aliphatic rings. The van der Waals surface area contributed by atoms with Crippen LogP contribution in [0.25, 0.3) is 10.9 Å². The molecule has 0 saturated carbocycles. The lowest BCUT2D eigenvalue weighted by Crippen LogP contribution is -2.50. The maximum Gasteiger partial charge on any atom is 0.254 e. The molecule has 1 aromatic heterocycles. The van der Waals surface area contributed by atoms with E-state index in [1.165, 1.54) is 16.4 Å². The third kappa shape index (κ3) is 3.83. The number of benzene rings is 2. The molecule has 3 aromatic rings. The van der Waals surface area contributed by atoms with Crippen LogP contribution in [-0.4, -0.2) is 54.7 Å². The fraction of sp³-hybridized carbons (Fsp3) is 0.200. The summed E-state index contributed by atoms with van der Waals surface area (Å²) in [7, 11) is -3.79. The van der Waals surface area contributed by atoms with Crippen LogP contribution in [0.5, 0.6) is 0 Å². The Morgan fingerprint density at radius 1 is 0.966 bits per heavy atom. The van der Waals surface area contributed by atoms with Crippen molar-refractivity contribution in [2.24, 2.45) is 0 Å². The number of pyridine rings is 1. The highest BCUT2D eigenvalue weighted by Gasteiger charge is 2.32. The van der Waals surface area contributed by atoms with Gasteiger partial charge in [0.05, 0.1) is 10.5 Å². The first-order valence-electron chi connectivity index (χ1n) is 8.96. The van der Waals surface area contributed by atoms with E-state index in [-0.39, 0.29) is 42.0 Å². The molecular formula is C20H17Cl2N3O3S. The molecule has 1 amide bonds. The van der Waals surface area contributed by atoms with E-state index in [0.29, 0.717) is 10.6 Å². The number of hydrogen-bond donors (Lipinski definition) is 0. The second-order valence-corrected chi connectivity index (χ2v) is 9.40. The van der Waals surface area contributed by atoms with Crippen molar-refractivity contribution < 1.29 is 13.2 Å². The lowest BCUT2D eigenvalue weighted by molar-refractivity contribution is 0.0700. The number of rotatable bonds is 3. The molecule has 6 nitrogen and oxygen atoms in total. The number of amides is 1. The molecule has 9 heteroatoms. The number of piperazine rings is 1. The molecule has 2 heterocycles. The molecule has 29 heavy (non-hydrogen) atoms. The molecule has 0 bridgehead atoms. The molecule has 1 saturated heterocycles. The lowest BCUT2D eigenvalue weighted by Gasteiger charge is -2.34. The van der Waals surface area contributed by atoms with Crippen LogP contribution in [0.15, 0.2) is 59.6 Å². The van der Waals surface area contributed by atoms with Gasteiger partial charge in [0.25, 0.3) is 5.91 Å². The van der Waals surface area contributed by atoms with Gasteiger partial charge in [-0.2, -0.15) is 4.31 Å². The van der Waals surface area contributed by atoms with Crippen molar-refractivity contribution in [3.8, 4) is 0 Å². The Balaban J connectivity index is 1.53. The topological polar surface area (TPSA) is 70.6 Å². The Morgan fingerprint density at radius 2 is 1.72 bits per heavy atom. The molecule has 0 N–H and O–H groups in total. The average Bonchev–Trinajstić information content (AvgIpc) is 2.74. The predicted molar refractivity (Wildman–Crippen MR) is 113 cm³/mol. The van der Waals surface area contributed by atoms with Gasteiger partial charge in [-0.1, -0.05) is 35.3 Å². The van der Waals surface area contributed by atoms with Crippen LogP contribution in [0.1, 0.15) is 10.4 Å². The molecule has 4 rings (SSSR count). The van der Waals surface area contributed by atoms with Gasteiger partial charge in [0.15, 0.2) is 0 Å². The number of halogens is 2. The largest absolute Gasteiger partial charge is 0.336 e. The number of hydrogen-bond acceptors (Lipinski definition) is 4. The van der Waals surface area contributed by atoms with E-state index in [1.54, 1.807) is 35.4 Å². The first-order valence-corrected chi connectivity index (χ1v) is 11.2. The fourth-order valence-corrected chi connectivity index (χ4v) is 5.57. The zero-order chi connectivity index (χ0) is 20.6. The molecule has 150 valence electrons. The Kier molecular flexibility index (Phi) is 5.48. The van der Waals surface area contributed by atoms with Gasteiger partial charge in [-0.15, -0.1) is 0 Å². The van der Waals surface area contributed by atoms with Crippen molar-refractivity contribution in [2.45, 2.75) is 4.90 Å². The fourth-order valence-electron chi connectivity index (χ4n) is 3.41. The standard InChI is InChI=1S/C20H17Cl2N3O3S/c21-14-6-7-17(22)19(13-14)29(27,28)25-11-9-24(10-12-25)20(26)16-3-1-5-18-15(16)4-2-8-23-18/h1-8,13H,9-12H2. The summed E-state index contributed by atoms with van der Waals surface area (Å²) in [6.07, 6.45) is 1.68. The van der Waals surface area contributed by atoms with Gasteiger partial charge >= 0.3 is 0 Å². The lowest BCUT2D eigenvalue weighted by atomic mass is 10.1.